The normalized spacial score (nSPS) is 27.2. The lowest BCUT2D eigenvalue weighted by Gasteiger charge is -2.22. The van der Waals surface area contributed by atoms with Gasteiger partial charge < -0.3 is 5.32 Å². The summed E-state index contributed by atoms with van der Waals surface area (Å²) >= 11 is 2.16. The van der Waals surface area contributed by atoms with Crippen LogP contribution in [0.3, 0.4) is 0 Å². The van der Waals surface area contributed by atoms with Gasteiger partial charge in [0.15, 0.2) is 0 Å². The Kier molecular flexibility index (Phi) is 7.55. The molecule has 1 aliphatic carbocycles. The third-order valence-electron chi connectivity index (χ3n) is 3.66. The molecule has 3 atom stereocenters. The van der Waals surface area contributed by atoms with E-state index in [1.54, 1.807) is 0 Å². The summed E-state index contributed by atoms with van der Waals surface area (Å²) in [5.74, 6) is 1.28. The Morgan fingerprint density at radius 2 is 2.06 bits per heavy atom. The molecular formula is C14H29NS. The molecule has 3 unspecified atom stereocenters. The topological polar surface area (TPSA) is 12.0 Å². The molecule has 0 saturated heterocycles. The fourth-order valence-electron chi connectivity index (χ4n) is 2.67. The standard InChI is InChI=1S/C14H29NS/c1-4-7-8-12(5-2)15-13-9-10-14(11-13)16-6-3/h12-15H,4-11H2,1-3H3. The van der Waals surface area contributed by atoms with E-state index in [0.29, 0.717) is 0 Å². The van der Waals surface area contributed by atoms with Gasteiger partial charge in [0.2, 0.25) is 0 Å². The molecular weight excluding hydrogens is 214 g/mol. The van der Waals surface area contributed by atoms with Crippen LogP contribution in [-0.4, -0.2) is 23.1 Å². The van der Waals surface area contributed by atoms with Gasteiger partial charge in [0, 0.05) is 17.3 Å². The maximum absolute atomic E-state index is 3.88. The summed E-state index contributed by atoms with van der Waals surface area (Å²) < 4.78 is 0. The zero-order valence-electron chi connectivity index (χ0n) is 11.3. The molecule has 96 valence electrons. The van der Waals surface area contributed by atoms with Gasteiger partial charge in [0.1, 0.15) is 0 Å². The second-order valence-corrected chi connectivity index (χ2v) is 6.58. The maximum atomic E-state index is 3.88. The molecule has 0 aromatic carbocycles. The van der Waals surface area contributed by atoms with Crippen LogP contribution < -0.4 is 5.32 Å². The lowest BCUT2D eigenvalue weighted by atomic mass is 10.1. The van der Waals surface area contributed by atoms with Gasteiger partial charge in [-0.2, -0.15) is 11.8 Å². The third kappa shape index (κ3) is 5.09. The largest absolute Gasteiger partial charge is 0.311 e. The Morgan fingerprint density at radius 1 is 1.25 bits per heavy atom. The molecule has 16 heavy (non-hydrogen) atoms. The SMILES string of the molecule is CCCCC(CC)NC1CCC(SCC)C1. The molecule has 0 aromatic heterocycles. The number of unbranched alkanes of at least 4 members (excludes halogenated alkanes) is 1. The summed E-state index contributed by atoms with van der Waals surface area (Å²) in [4.78, 5) is 0. The molecule has 1 aliphatic rings. The van der Waals surface area contributed by atoms with Crippen molar-refractivity contribution in [2.24, 2.45) is 0 Å². The molecule has 1 saturated carbocycles. The Morgan fingerprint density at radius 3 is 2.69 bits per heavy atom. The minimum atomic E-state index is 0.773. The van der Waals surface area contributed by atoms with E-state index in [-0.39, 0.29) is 0 Å². The van der Waals surface area contributed by atoms with Gasteiger partial charge >= 0.3 is 0 Å². The first-order chi connectivity index (χ1) is 7.80. The molecule has 0 amide bonds. The minimum absolute atomic E-state index is 0.773. The van der Waals surface area contributed by atoms with E-state index in [4.69, 9.17) is 0 Å². The summed E-state index contributed by atoms with van der Waals surface area (Å²) in [6.07, 6.45) is 9.61. The second kappa shape index (κ2) is 8.41. The van der Waals surface area contributed by atoms with Crippen LogP contribution in [0.1, 0.15) is 65.7 Å². The van der Waals surface area contributed by atoms with Crippen LogP contribution >= 0.6 is 11.8 Å². The summed E-state index contributed by atoms with van der Waals surface area (Å²) in [5, 5.41) is 4.81. The molecule has 0 spiro atoms. The second-order valence-electron chi connectivity index (χ2n) is 5.00. The van der Waals surface area contributed by atoms with Crippen LogP contribution in [0.25, 0.3) is 0 Å². The molecule has 0 aromatic rings. The molecule has 1 fully saturated rings. The average Bonchev–Trinajstić information content (AvgIpc) is 2.72. The number of thioether (sulfide) groups is 1. The van der Waals surface area contributed by atoms with Crippen molar-refractivity contribution in [2.75, 3.05) is 5.75 Å². The summed E-state index contributed by atoms with van der Waals surface area (Å²) in [5.41, 5.74) is 0. The van der Waals surface area contributed by atoms with Gasteiger partial charge in [-0.15, -0.1) is 0 Å². The van der Waals surface area contributed by atoms with E-state index in [9.17, 15) is 0 Å². The smallest absolute Gasteiger partial charge is 0.00805 e. The van der Waals surface area contributed by atoms with Crippen molar-refractivity contribution in [3.63, 3.8) is 0 Å². The predicted octanol–water partition coefficient (Wildman–Crippen LogP) is 4.22. The van der Waals surface area contributed by atoms with Crippen LogP contribution in [0.4, 0.5) is 0 Å². The minimum Gasteiger partial charge on any atom is -0.311 e. The fraction of sp³-hybridized carbons (Fsp3) is 1.00. The van der Waals surface area contributed by atoms with Crippen LogP contribution in [0.2, 0.25) is 0 Å². The zero-order valence-corrected chi connectivity index (χ0v) is 12.1. The quantitative estimate of drug-likeness (QED) is 0.685. The monoisotopic (exact) mass is 243 g/mol. The summed E-state index contributed by atoms with van der Waals surface area (Å²) in [6.45, 7) is 6.89. The van der Waals surface area contributed by atoms with Crippen molar-refractivity contribution in [1.82, 2.24) is 5.32 Å². The molecule has 1 rings (SSSR count). The molecule has 2 heteroatoms. The number of hydrogen-bond acceptors (Lipinski definition) is 2. The molecule has 0 heterocycles. The number of rotatable bonds is 8. The maximum Gasteiger partial charge on any atom is 0.00805 e. The Hall–Kier alpha value is 0.310. The number of nitrogens with one attached hydrogen (secondary N) is 1. The van der Waals surface area contributed by atoms with Gasteiger partial charge in [0.05, 0.1) is 0 Å². The van der Waals surface area contributed by atoms with E-state index in [1.807, 2.05) is 0 Å². The Labute approximate surface area is 106 Å². The predicted molar refractivity (Wildman–Crippen MR) is 76.3 cm³/mol. The highest BCUT2D eigenvalue weighted by atomic mass is 32.2. The van der Waals surface area contributed by atoms with E-state index < -0.39 is 0 Å². The van der Waals surface area contributed by atoms with Gasteiger partial charge in [-0.25, -0.2) is 0 Å². The van der Waals surface area contributed by atoms with Gasteiger partial charge in [-0.1, -0.05) is 33.6 Å². The van der Waals surface area contributed by atoms with Crippen LogP contribution in [0.5, 0.6) is 0 Å². The van der Waals surface area contributed by atoms with Crippen molar-refractivity contribution in [1.29, 1.82) is 0 Å². The third-order valence-corrected chi connectivity index (χ3v) is 4.89. The summed E-state index contributed by atoms with van der Waals surface area (Å²) in [7, 11) is 0. The van der Waals surface area contributed by atoms with Crippen molar-refractivity contribution >= 4 is 11.8 Å². The molecule has 1 nitrogen and oxygen atoms in total. The zero-order chi connectivity index (χ0) is 11.8. The molecule has 0 bridgehead atoms. The first kappa shape index (κ1) is 14.4. The van der Waals surface area contributed by atoms with Crippen molar-refractivity contribution in [2.45, 2.75) is 83.1 Å². The van der Waals surface area contributed by atoms with Gasteiger partial charge in [-0.05, 0) is 37.9 Å². The lowest BCUT2D eigenvalue weighted by molar-refractivity contribution is 0.393. The van der Waals surface area contributed by atoms with Crippen molar-refractivity contribution in [3.05, 3.63) is 0 Å². The first-order valence-corrected chi connectivity index (χ1v) is 8.22. The fourth-order valence-corrected chi connectivity index (χ4v) is 3.81. The molecule has 1 N–H and O–H groups in total. The van der Waals surface area contributed by atoms with E-state index in [1.165, 1.54) is 50.7 Å². The Balaban J connectivity index is 2.20. The van der Waals surface area contributed by atoms with Crippen LogP contribution in [0, 0.1) is 0 Å². The average molecular weight is 243 g/mol. The lowest BCUT2D eigenvalue weighted by Crippen LogP contribution is -2.36. The Bertz CT molecular complexity index is 172. The van der Waals surface area contributed by atoms with Crippen LogP contribution in [-0.2, 0) is 0 Å². The van der Waals surface area contributed by atoms with E-state index in [2.05, 4.69) is 37.8 Å². The highest BCUT2D eigenvalue weighted by Gasteiger charge is 2.25. The number of hydrogen-bond donors (Lipinski definition) is 1. The van der Waals surface area contributed by atoms with E-state index in [0.717, 1.165) is 17.3 Å². The molecule has 0 radical (unpaired) electrons. The summed E-state index contributed by atoms with van der Waals surface area (Å²) in [6, 6.07) is 1.58. The van der Waals surface area contributed by atoms with Crippen molar-refractivity contribution < 1.29 is 0 Å². The highest BCUT2D eigenvalue weighted by Crippen LogP contribution is 2.30. The van der Waals surface area contributed by atoms with Crippen LogP contribution in [0.15, 0.2) is 0 Å². The van der Waals surface area contributed by atoms with E-state index >= 15 is 0 Å². The first-order valence-electron chi connectivity index (χ1n) is 7.17. The van der Waals surface area contributed by atoms with Crippen molar-refractivity contribution in [3.8, 4) is 0 Å². The molecule has 0 aliphatic heterocycles. The highest BCUT2D eigenvalue weighted by molar-refractivity contribution is 7.99. The van der Waals surface area contributed by atoms with Gasteiger partial charge in [0.25, 0.3) is 0 Å². The van der Waals surface area contributed by atoms with Gasteiger partial charge in [-0.3, -0.25) is 0 Å².